The standard InChI is InChI=1S/C16H21NO2/c1-3-5-11-19-16-13(12-17-14-9-10-14)7-6-8-15(16)18-4-2/h1,6-8,14,17H,4-5,9-12H2,2H3. The normalized spacial score (nSPS) is 13.9. The Morgan fingerprint density at radius 1 is 1.37 bits per heavy atom. The second-order valence-electron chi connectivity index (χ2n) is 4.64. The molecule has 0 amide bonds. The van der Waals surface area contributed by atoms with Crippen LogP contribution >= 0.6 is 0 Å². The van der Waals surface area contributed by atoms with Gasteiger partial charge < -0.3 is 14.8 Å². The van der Waals surface area contributed by atoms with Crippen LogP contribution in [0.15, 0.2) is 18.2 Å². The van der Waals surface area contributed by atoms with Crippen molar-refractivity contribution in [2.24, 2.45) is 0 Å². The largest absolute Gasteiger partial charge is 0.490 e. The highest BCUT2D eigenvalue weighted by Crippen LogP contribution is 2.32. The van der Waals surface area contributed by atoms with Crippen LogP contribution in [0.1, 0.15) is 31.7 Å². The van der Waals surface area contributed by atoms with Crippen LogP contribution in [0.4, 0.5) is 0 Å². The minimum Gasteiger partial charge on any atom is -0.490 e. The molecule has 1 aliphatic carbocycles. The zero-order chi connectivity index (χ0) is 13.5. The van der Waals surface area contributed by atoms with Crippen LogP contribution < -0.4 is 14.8 Å². The van der Waals surface area contributed by atoms with Crippen LogP contribution in [0.5, 0.6) is 11.5 Å². The second-order valence-corrected chi connectivity index (χ2v) is 4.64. The fourth-order valence-corrected chi connectivity index (χ4v) is 1.89. The summed E-state index contributed by atoms with van der Waals surface area (Å²) in [4.78, 5) is 0. The van der Waals surface area contributed by atoms with E-state index in [1.54, 1.807) is 0 Å². The van der Waals surface area contributed by atoms with Crippen molar-refractivity contribution in [3.05, 3.63) is 23.8 Å². The van der Waals surface area contributed by atoms with Gasteiger partial charge >= 0.3 is 0 Å². The van der Waals surface area contributed by atoms with Gasteiger partial charge in [0.1, 0.15) is 0 Å². The predicted molar refractivity (Wildman–Crippen MR) is 76.4 cm³/mol. The first-order valence-corrected chi connectivity index (χ1v) is 6.89. The topological polar surface area (TPSA) is 30.5 Å². The Morgan fingerprint density at radius 2 is 2.21 bits per heavy atom. The first-order chi connectivity index (χ1) is 9.35. The third-order valence-corrected chi connectivity index (χ3v) is 3.01. The molecule has 0 spiro atoms. The molecule has 2 rings (SSSR count). The maximum atomic E-state index is 5.81. The van der Waals surface area contributed by atoms with Crippen LogP contribution in [0.2, 0.25) is 0 Å². The molecule has 1 N–H and O–H groups in total. The van der Waals surface area contributed by atoms with Crippen molar-refractivity contribution < 1.29 is 9.47 Å². The van der Waals surface area contributed by atoms with E-state index in [-0.39, 0.29) is 0 Å². The molecule has 0 bridgehead atoms. The number of hydrogen-bond donors (Lipinski definition) is 1. The summed E-state index contributed by atoms with van der Waals surface area (Å²) in [6.45, 7) is 3.94. The minimum atomic E-state index is 0.525. The first-order valence-electron chi connectivity index (χ1n) is 6.89. The van der Waals surface area contributed by atoms with E-state index < -0.39 is 0 Å². The van der Waals surface area contributed by atoms with Gasteiger partial charge in [-0.25, -0.2) is 0 Å². The van der Waals surface area contributed by atoms with Crippen molar-refractivity contribution >= 4 is 0 Å². The molecule has 1 aliphatic rings. The average molecular weight is 259 g/mol. The maximum Gasteiger partial charge on any atom is 0.165 e. The molecule has 1 fully saturated rings. The van der Waals surface area contributed by atoms with Crippen LogP contribution in [-0.4, -0.2) is 19.3 Å². The molecule has 0 radical (unpaired) electrons. The summed E-state index contributed by atoms with van der Waals surface area (Å²) in [6.07, 6.45) is 8.42. The third-order valence-electron chi connectivity index (χ3n) is 3.01. The molecule has 0 atom stereocenters. The van der Waals surface area contributed by atoms with Gasteiger partial charge in [0.05, 0.1) is 13.2 Å². The van der Waals surface area contributed by atoms with E-state index in [0.29, 0.717) is 25.7 Å². The Kier molecular flexibility index (Phi) is 5.11. The van der Waals surface area contributed by atoms with Crippen molar-refractivity contribution in [1.82, 2.24) is 5.32 Å². The van der Waals surface area contributed by atoms with E-state index in [4.69, 9.17) is 15.9 Å². The summed E-state index contributed by atoms with van der Waals surface area (Å²) in [5.74, 6) is 4.21. The van der Waals surface area contributed by atoms with Crippen molar-refractivity contribution in [2.45, 2.75) is 38.8 Å². The summed E-state index contributed by atoms with van der Waals surface area (Å²) in [6, 6.07) is 6.69. The monoisotopic (exact) mass is 259 g/mol. The summed E-state index contributed by atoms with van der Waals surface area (Å²) < 4.78 is 11.4. The Labute approximate surface area is 115 Å². The number of nitrogens with one attached hydrogen (secondary N) is 1. The zero-order valence-corrected chi connectivity index (χ0v) is 11.4. The zero-order valence-electron chi connectivity index (χ0n) is 11.4. The van der Waals surface area contributed by atoms with Crippen LogP contribution in [0.3, 0.4) is 0 Å². The highest BCUT2D eigenvalue weighted by molar-refractivity contribution is 5.46. The van der Waals surface area contributed by atoms with Crippen molar-refractivity contribution in [1.29, 1.82) is 0 Å². The molecular formula is C16H21NO2. The van der Waals surface area contributed by atoms with E-state index in [1.807, 2.05) is 19.1 Å². The first kappa shape index (κ1) is 13.8. The van der Waals surface area contributed by atoms with Gasteiger partial charge in [-0.1, -0.05) is 12.1 Å². The molecule has 0 unspecified atom stereocenters. The van der Waals surface area contributed by atoms with Crippen molar-refractivity contribution in [3.8, 4) is 23.8 Å². The SMILES string of the molecule is C#CCCOc1c(CNC2CC2)cccc1OCC. The van der Waals surface area contributed by atoms with Gasteiger partial charge in [-0.3, -0.25) is 0 Å². The third kappa shape index (κ3) is 4.18. The van der Waals surface area contributed by atoms with Gasteiger partial charge in [0, 0.05) is 24.6 Å². The van der Waals surface area contributed by atoms with Gasteiger partial charge in [-0.15, -0.1) is 12.3 Å². The molecule has 19 heavy (non-hydrogen) atoms. The molecule has 3 heteroatoms. The number of rotatable bonds is 8. The quantitative estimate of drug-likeness (QED) is 0.575. The lowest BCUT2D eigenvalue weighted by Crippen LogP contribution is -2.16. The van der Waals surface area contributed by atoms with Crippen molar-refractivity contribution in [2.75, 3.05) is 13.2 Å². The molecule has 0 heterocycles. The van der Waals surface area contributed by atoms with Crippen LogP contribution in [0.25, 0.3) is 0 Å². The van der Waals surface area contributed by atoms with Crippen LogP contribution in [0, 0.1) is 12.3 Å². The summed E-state index contributed by atoms with van der Waals surface area (Å²) in [5, 5.41) is 3.50. The van der Waals surface area contributed by atoms with Crippen LogP contribution in [-0.2, 0) is 6.54 Å². The van der Waals surface area contributed by atoms with E-state index in [0.717, 1.165) is 23.6 Å². The van der Waals surface area contributed by atoms with Gasteiger partial charge in [0.25, 0.3) is 0 Å². The Bertz CT molecular complexity index is 447. The summed E-state index contributed by atoms with van der Waals surface area (Å²) in [5.41, 5.74) is 1.13. The summed E-state index contributed by atoms with van der Waals surface area (Å²) in [7, 11) is 0. The van der Waals surface area contributed by atoms with E-state index in [9.17, 15) is 0 Å². The molecule has 1 aromatic rings. The van der Waals surface area contributed by atoms with Gasteiger partial charge in [-0.05, 0) is 25.8 Å². The molecular weight excluding hydrogens is 238 g/mol. The lowest BCUT2D eigenvalue weighted by molar-refractivity contribution is 0.278. The van der Waals surface area contributed by atoms with Gasteiger partial charge in [-0.2, -0.15) is 0 Å². The fourth-order valence-electron chi connectivity index (χ4n) is 1.89. The molecule has 102 valence electrons. The number of para-hydroxylation sites is 1. The second kappa shape index (κ2) is 7.06. The van der Waals surface area contributed by atoms with E-state index in [1.165, 1.54) is 12.8 Å². The molecule has 1 aromatic carbocycles. The minimum absolute atomic E-state index is 0.525. The Morgan fingerprint density at radius 3 is 2.89 bits per heavy atom. The highest BCUT2D eigenvalue weighted by Gasteiger charge is 2.21. The molecule has 1 saturated carbocycles. The molecule has 0 saturated heterocycles. The number of ether oxygens (including phenoxy) is 2. The highest BCUT2D eigenvalue weighted by atomic mass is 16.5. The smallest absolute Gasteiger partial charge is 0.165 e. The lowest BCUT2D eigenvalue weighted by Gasteiger charge is -2.15. The molecule has 0 aliphatic heterocycles. The fraction of sp³-hybridized carbons (Fsp3) is 0.500. The number of hydrogen-bond acceptors (Lipinski definition) is 3. The average Bonchev–Trinajstić information content (AvgIpc) is 3.23. The van der Waals surface area contributed by atoms with Gasteiger partial charge in [0.2, 0.25) is 0 Å². The number of terminal acetylenes is 1. The molecule has 3 nitrogen and oxygen atoms in total. The van der Waals surface area contributed by atoms with Crippen molar-refractivity contribution in [3.63, 3.8) is 0 Å². The van der Waals surface area contributed by atoms with Gasteiger partial charge in [0.15, 0.2) is 11.5 Å². The predicted octanol–water partition coefficient (Wildman–Crippen LogP) is 2.74. The maximum absolute atomic E-state index is 5.81. The molecule has 0 aromatic heterocycles. The Balaban J connectivity index is 2.08. The summed E-state index contributed by atoms with van der Waals surface area (Å²) >= 11 is 0. The number of benzene rings is 1. The lowest BCUT2D eigenvalue weighted by atomic mass is 10.2. The van der Waals surface area contributed by atoms with E-state index in [2.05, 4.69) is 17.3 Å². The Hall–Kier alpha value is -1.66. The van der Waals surface area contributed by atoms with E-state index >= 15 is 0 Å².